The molecule has 0 radical (unpaired) electrons. The molecule has 6 nitrogen and oxygen atoms in total. The number of benzene rings is 2. The van der Waals surface area contributed by atoms with E-state index in [-0.39, 0.29) is 5.82 Å². The molecule has 28 heavy (non-hydrogen) atoms. The van der Waals surface area contributed by atoms with Crippen LogP contribution < -0.4 is 10.6 Å². The van der Waals surface area contributed by atoms with Crippen molar-refractivity contribution in [2.24, 2.45) is 0 Å². The number of rotatable bonds is 6. The number of nitrogens with two attached hydrogens (primary N) is 1. The minimum atomic E-state index is -0.260. The normalized spacial score (nSPS) is 10.9. The van der Waals surface area contributed by atoms with Gasteiger partial charge in [0, 0.05) is 16.7 Å². The smallest absolute Gasteiger partial charge is 0.210 e. The molecule has 0 amide bonds. The van der Waals surface area contributed by atoms with Crippen molar-refractivity contribution >= 4 is 23.1 Å². The van der Waals surface area contributed by atoms with E-state index in [1.165, 1.54) is 39.9 Å². The van der Waals surface area contributed by atoms with Gasteiger partial charge < -0.3 is 10.6 Å². The maximum Gasteiger partial charge on any atom is 0.210 e. The minimum absolute atomic E-state index is 0.260. The molecule has 2 aromatic carbocycles. The van der Waals surface area contributed by atoms with E-state index in [2.05, 4.69) is 15.2 Å². The summed E-state index contributed by atoms with van der Waals surface area (Å²) in [4.78, 5) is 4.60. The molecule has 2 aromatic heterocycles. The van der Waals surface area contributed by atoms with Crippen molar-refractivity contribution in [3.63, 3.8) is 0 Å². The third kappa shape index (κ3) is 3.71. The number of nitrogen functional groups attached to an aromatic ring is 1. The summed E-state index contributed by atoms with van der Waals surface area (Å²) in [5, 5.41) is 11.8. The van der Waals surface area contributed by atoms with Crippen LogP contribution in [0, 0.1) is 5.82 Å². The maximum atomic E-state index is 13.1. The van der Waals surface area contributed by atoms with E-state index in [0.717, 1.165) is 21.8 Å². The van der Waals surface area contributed by atoms with Gasteiger partial charge in [0.1, 0.15) is 16.6 Å². The van der Waals surface area contributed by atoms with Gasteiger partial charge in [-0.2, -0.15) is 0 Å². The summed E-state index contributed by atoms with van der Waals surface area (Å²) >= 11 is 2.97. The Balaban J connectivity index is 1.49. The minimum Gasteiger partial charge on any atom is -0.496 e. The third-order valence-electron chi connectivity index (χ3n) is 4.00. The molecule has 2 heterocycles. The third-order valence-corrected chi connectivity index (χ3v) is 5.92. The highest BCUT2D eigenvalue weighted by Crippen LogP contribution is 2.31. The lowest BCUT2D eigenvalue weighted by atomic mass is 10.2. The molecule has 0 aliphatic carbocycles. The van der Waals surface area contributed by atoms with Crippen molar-refractivity contribution in [3.05, 3.63) is 65.4 Å². The first-order valence-electron chi connectivity index (χ1n) is 8.32. The van der Waals surface area contributed by atoms with Crippen LogP contribution in [0.15, 0.2) is 59.1 Å². The molecule has 0 bridgehead atoms. The van der Waals surface area contributed by atoms with Crippen molar-refractivity contribution in [1.29, 1.82) is 0 Å². The van der Waals surface area contributed by atoms with E-state index in [4.69, 9.17) is 10.6 Å². The number of hydrogen-bond acceptors (Lipinski definition) is 7. The predicted octanol–water partition coefficient (Wildman–Crippen LogP) is 4.22. The first kappa shape index (κ1) is 18.5. The average Bonchev–Trinajstić information content (AvgIpc) is 3.34. The van der Waals surface area contributed by atoms with Crippen molar-refractivity contribution in [3.8, 4) is 27.7 Å². The van der Waals surface area contributed by atoms with Crippen molar-refractivity contribution in [2.75, 3.05) is 13.0 Å². The lowest BCUT2D eigenvalue weighted by Gasteiger charge is -2.07. The molecule has 0 saturated carbocycles. The molecule has 4 rings (SSSR count). The van der Waals surface area contributed by atoms with Crippen LogP contribution in [0.4, 0.5) is 4.39 Å². The monoisotopic (exact) mass is 413 g/mol. The van der Waals surface area contributed by atoms with Gasteiger partial charge in [0.2, 0.25) is 5.16 Å². The number of halogens is 1. The quantitative estimate of drug-likeness (QED) is 0.377. The molecule has 142 valence electrons. The number of thioether (sulfide) groups is 1. The average molecular weight is 414 g/mol. The van der Waals surface area contributed by atoms with E-state index < -0.39 is 0 Å². The highest BCUT2D eigenvalue weighted by Gasteiger charge is 2.16. The second-order valence-electron chi connectivity index (χ2n) is 5.82. The van der Waals surface area contributed by atoms with Crippen molar-refractivity contribution < 1.29 is 9.13 Å². The van der Waals surface area contributed by atoms with Gasteiger partial charge in [0.15, 0.2) is 5.82 Å². The number of methoxy groups -OCH3 is 1. The number of para-hydroxylation sites is 1. The zero-order valence-corrected chi connectivity index (χ0v) is 16.5. The Morgan fingerprint density at radius 2 is 1.93 bits per heavy atom. The molecule has 0 aliphatic heterocycles. The van der Waals surface area contributed by atoms with E-state index >= 15 is 0 Å². The van der Waals surface area contributed by atoms with Gasteiger partial charge in [0.25, 0.3) is 0 Å². The Morgan fingerprint density at radius 3 is 2.71 bits per heavy atom. The first-order chi connectivity index (χ1) is 13.7. The second kappa shape index (κ2) is 7.99. The maximum absolute atomic E-state index is 13.1. The number of aromatic nitrogens is 4. The Kier molecular flexibility index (Phi) is 5.27. The summed E-state index contributed by atoms with van der Waals surface area (Å²) in [7, 11) is 1.60. The van der Waals surface area contributed by atoms with Gasteiger partial charge in [-0.1, -0.05) is 23.9 Å². The first-order valence-corrected chi connectivity index (χ1v) is 10.2. The summed E-state index contributed by atoms with van der Waals surface area (Å²) in [5.74, 6) is 7.75. The van der Waals surface area contributed by atoms with Crippen LogP contribution in [0.3, 0.4) is 0 Å². The van der Waals surface area contributed by atoms with Gasteiger partial charge in [-0.25, -0.2) is 14.1 Å². The van der Waals surface area contributed by atoms with Crippen LogP contribution in [0.25, 0.3) is 22.0 Å². The van der Waals surface area contributed by atoms with E-state index in [0.29, 0.717) is 22.5 Å². The van der Waals surface area contributed by atoms with Crippen molar-refractivity contribution in [1.82, 2.24) is 19.9 Å². The standard InChI is InChI=1S/C19H16FN5OS2/c1-26-16-5-3-2-4-15(16)17-23-24-19(25(17)21)28-11-14-10-27-18(22-14)12-6-8-13(20)9-7-12/h2-10H,11,21H2,1H3. The number of nitrogens with zero attached hydrogens (tertiary/aromatic N) is 4. The fourth-order valence-electron chi connectivity index (χ4n) is 2.63. The fourth-order valence-corrected chi connectivity index (χ4v) is 4.31. The van der Waals surface area contributed by atoms with Gasteiger partial charge in [-0.15, -0.1) is 21.5 Å². The molecule has 0 spiro atoms. The zero-order valence-electron chi connectivity index (χ0n) is 14.9. The number of ether oxygens (including phenoxy) is 1. The topological polar surface area (TPSA) is 78.9 Å². The second-order valence-corrected chi connectivity index (χ2v) is 7.62. The predicted molar refractivity (Wildman–Crippen MR) is 109 cm³/mol. The van der Waals surface area contributed by atoms with Crippen LogP contribution in [0.5, 0.6) is 5.75 Å². The summed E-state index contributed by atoms with van der Waals surface area (Å²) in [6.45, 7) is 0. The molecule has 0 saturated heterocycles. The summed E-state index contributed by atoms with van der Waals surface area (Å²) < 4.78 is 19.9. The van der Waals surface area contributed by atoms with E-state index in [1.54, 1.807) is 19.2 Å². The largest absolute Gasteiger partial charge is 0.496 e. The molecule has 2 N–H and O–H groups in total. The molecular formula is C19H16FN5OS2. The number of thiazole rings is 1. The molecular weight excluding hydrogens is 397 g/mol. The van der Waals surface area contributed by atoms with E-state index in [1.807, 2.05) is 29.6 Å². The molecule has 4 aromatic rings. The summed E-state index contributed by atoms with van der Waals surface area (Å²) in [6, 6.07) is 13.8. The van der Waals surface area contributed by atoms with Crippen LogP contribution in [-0.2, 0) is 5.75 Å². The van der Waals surface area contributed by atoms with Crippen molar-refractivity contribution in [2.45, 2.75) is 10.9 Å². The Morgan fingerprint density at radius 1 is 1.14 bits per heavy atom. The van der Waals surface area contributed by atoms with Crippen LogP contribution in [0.2, 0.25) is 0 Å². The lowest BCUT2D eigenvalue weighted by Crippen LogP contribution is -2.12. The molecule has 9 heteroatoms. The fraction of sp³-hybridized carbons (Fsp3) is 0.105. The van der Waals surface area contributed by atoms with Gasteiger partial charge in [-0.3, -0.25) is 0 Å². The van der Waals surface area contributed by atoms with Crippen LogP contribution in [0.1, 0.15) is 5.69 Å². The Labute approximate surface area is 169 Å². The SMILES string of the molecule is COc1ccccc1-c1nnc(SCc2csc(-c3ccc(F)cc3)n2)n1N. The molecule has 0 unspecified atom stereocenters. The number of hydrogen-bond donors (Lipinski definition) is 1. The Hall–Kier alpha value is -2.91. The highest BCUT2D eigenvalue weighted by atomic mass is 32.2. The highest BCUT2D eigenvalue weighted by molar-refractivity contribution is 7.98. The van der Waals surface area contributed by atoms with Crippen LogP contribution >= 0.6 is 23.1 Å². The molecule has 0 atom stereocenters. The molecule has 0 aliphatic rings. The molecule has 0 fully saturated rings. The lowest BCUT2D eigenvalue weighted by molar-refractivity contribution is 0.416. The summed E-state index contributed by atoms with van der Waals surface area (Å²) in [5.41, 5.74) is 2.57. The summed E-state index contributed by atoms with van der Waals surface area (Å²) in [6.07, 6.45) is 0. The van der Waals surface area contributed by atoms with Crippen LogP contribution in [-0.4, -0.2) is 27.0 Å². The van der Waals surface area contributed by atoms with Gasteiger partial charge in [-0.05, 0) is 36.4 Å². The van der Waals surface area contributed by atoms with E-state index in [9.17, 15) is 4.39 Å². The van der Waals surface area contributed by atoms with Gasteiger partial charge >= 0.3 is 0 Å². The van der Waals surface area contributed by atoms with Gasteiger partial charge in [0.05, 0.1) is 18.4 Å². The Bertz CT molecular complexity index is 1090. The zero-order chi connectivity index (χ0) is 19.5.